The van der Waals surface area contributed by atoms with E-state index in [-0.39, 0.29) is 12.1 Å². The van der Waals surface area contributed by atoms with Gasteiger partial charge in [0.15, 0.2) is 5.82 Å². The van der Waals surface area contributed by atoms with E-state index < -0.39 is 0 Å². The molecule has 3 aliphatic rings. The molecule has 2 atom stereocenters. The zero-order valence-corrected chi connectivity index (χ0v) is 31.6. The minimum Gasteiger partial charge on any atom is -0.379 e. The fraction of sp³-hybridized carbons (Fsp3) is 0.0577. The van der Waals surface area contributed by atoms with Gasteiger partial charge in [0.2, 0.25) is 0 Å². The van der Waals surface area contributed by atoms with Crippen LogP contribution in [0.3, 0.4) is 0 Å². The molecule has 5 heterocycles. The maximum Gasteiger partial charge on any atom is 0.160 e. The first-order valence-corrected chi connectivity index (χ1v) is 19.8. The van der Waals surface area contributed by atoms with Crippen molar-refractivity contribution in [1.29, 1.82) is 0 Å². The molecular formula is C52H38N6. The van der Waals surface area contributed by atoms with Gasteiger partial charge in [0.25, 0.3) is 0 Å². The van der Waals surface area contributed by atoms with Gasteiger partial charge in [-0.2, -0.15) is 0 Å². The minimum atomic E-state index is 0.0192. The molecular weight excluding hydrogens is 709 g/mol. The molecule has 0 amide bonds. The summed E-state index contributed by atoms with van der Waals surface area (Å²) in [5, 5.41) is 12.4. The van der Waals surface area contributed by atoms with Crippen LogP contribution in [0, 0.1) is 0 Å². The molecule has 8 aromatic rings. The smallest absolute Gasteiger partial charge is 0.160 e. The Balaban J connectivity index is 0.852. The molecule has 276 valence electrons. The molecule has 0 saturated carbocycles. The van der Waals surface area contributed by atoms with E-state index in [1.165, 1.54) is 27.8 Å². The van der Waals surface area contributed by atoms with E-state index in [1.54, 1.807) is 0 Å². The molecule has 2 aromatic heterocycles. The van der Waals surface area contributed by atoms with Crippen molar-refractivity contribution in [2.75, 3.05) is 22.5 Å². The van der Waals surface area contributed by atoms with Crippen LogP contribution in [0.1, 0.15) is 39.9 Å². The summed E-state index contributed by atoms with van der Waals surface area (Å²) in [5.41, 5.74) is 17.5. The lowest BCUT2D eigenvalue weighted by Gasteiger charge is -2.28. The fourth-order valence-electron chi connectivity index (χ4n) is 8.37. The van der Waals surface area contributed by atoms with E-state index in [0.717, 1.165) is 73.7 Å². The van der Waals surface area contributed by atoms with Gasteiger partial charge in [-0.25, -0.2) is 9.97 Å². The summed E-state index contributed by atoms with van der Waals surface area (Å²) in [7, 11) is 0. The molecule has 3 aliphatic heterocycles. The summed E-state index contributed by atoms with van der Waals surface area (Å²) in [6, 6.07) is 51.2. The van der Waals surface area contributed by atoms with Crippen molar-refractivity contribution in [3.63, 3.8) is 0 Å². The topological polar surface area (TPSA) is 74.8 Å². The van der Waals surface area contributed by atoms with Crippen molar-refractivity contribution < 1.29 is 0 Å². The van der Waals surface area contributed by atoms with Gasteiger partial charge in [0.05, 0.1) is 34.7 Å². The molecule has 0 bridgehead atoms. The van der Waals surface area contributed by atoms with Crippen LogP contribution in [0.25, 0.3) is 74.2 Å². The van der Waals surface area contributed by atoms with E-state index in [4.69, 9.17) is 15.0 Å². The Morgan fingerprint density at radius 3 is 1.95 bits per heavy atom. The van der Waals surface area contributed by atoms with Gasteiger partial charge in [-0.3, -0.25) is 4.98 Å². The van der Waals surface area contributed by atoms with Crippen LogP contribution in [0.5, 0.6) is 0 Å². The average Bonchev–Trinajstić information content (AvgIpc) is 3.31. The maximum absolute atomic E-state index is 5.03. The zero-order chi connectivity index (χ0) is 38.4. The number of hydrogen-bond acceptors (Lipinski definition) is 6. The Bertz CT molecular complexity index is 2890. The third-order valence-electron chi connectivity index (χ3n) is 11.4. The summed E-state index contributed by atoms with van der Waals surface area (Å²) >= 11 is 0. The van der Waals surface area contributed by atoms with Crippen LogP contribution in [0.15, 0.2) is 170 Å². The van der Waals surface area contributed by atoms with Crippen molar-refractivity contribution in [3.05, 3.63) is 198 Å². The number of anilines is 3. The van der Waals surface area contributed by atoms with Crippen molar-refractivity contribution in [1.82, 2.24) is 15.0 Å². The Kier molecular flexibility index (Phi) is 8.25. The van der Waals surface area contributed by atoms with Gasteiger partial charge in [-0.15, -0.1) is 0 Å². The molecule has 0 saturated heterocycles. The highest BCUT2D eigenvalue weighted by atomic mass is 14.9. The molecule has 11 rings (SSSR count). The number of fused-ring (bicyclic) bond motifs is 5. The zero-order valence-electron chi connectivity index (χ0n) is 31.6. The second-order valence-electron chi connectivity index (χ2n) is 15.0. The molecule has 2 unspecified atom stereocenters. The third-order valence-corrected chi connectivity index (χ3v) is 11.4. The van der Waals surface area contributed by atoms with Crippen LogP contribution < -0.4 is 16.0 Å². The Morgan fingerprint density at radius 1 is 0.500 bits per heavy atom. The van der Waals surface area contributed by atoms with E-state index in [1.807, 2.05) is 48.7 Å². The highest BCUT2D eigenvalue weighted by Crippen LogP contribution is 2.41. The van der Waals surface area contributed by atoms with Gasteiger partial charge in [0.1, 0.15) is 0 Å². The number of benzene rings is 6. The lowest BCUT2D eigenvalue weighted by molar-refractivity contribution is 0.961. The van der Waals surface area contributed by atoms with Crippen LogP contribution >= 0.6 is 0 Å². The molecule has 6 heteroatoms. The van der Waals surface area contributed by atoms with Crippen LogP contribution in [-0.4, -0.2) is 21.5 Å². The van der Waals surface area contributed by atoms with E-state index in [0.29, 0.717) is 5.82 Å². The van der Waals surface area contributed by atoms with E-state index in [9.17, 15) is 0 Å². The summed E-state index contributed by atoms with van der Waals surface area (Å²) in [6.07, 6.45) is 15.2. The van der Waals surface area contributed by atoms with Gasteiger partial charge >= 0.3 is 0 Å². The van der Waals surface area contributed by atoms with Crippen LogP contribution in [-0.2, 0) is 0 Å². The number of hydrogen-bond donors (Lipinski definition) is 3. The first-order valence-electron chi connectivity index (χ1n) is 19.8. The number of aromatic nitrogens is 3. The third kappa shape index (κ3) is 6.21. The maximum atomic E-state index is 5.03. The molecule has 0 aliphatic carbocycles. The van der Waals surface area contributed by atoms with Crippen LogP contribution in [0.4, 0.5) is 17.1 Å². The highest BCUT2D eigenvalue weighted by molar-refractivity contribution is 5.99. The number of rotatable bonds is 6. The standard InChI is InChI=1S/C52H38N6/c1-3-9-34(10-4-1)48-32-49(58-52(57-48)38-11-5-2-6-12-38)35-17-15-33(16-18-35)39-21-19-36-23-25-44(55-46(36)30-39)40-22-20-37-24-26-45(56-47(37)31-40)43-29-41-13-7-27-53-50(41)51-42(43)14-8-28-54-51/h1-26,28-32,44-45,53,55-56H,27H2. The molecule has 6 aromatic carbocycles. The lowest BCUT2D eigenvalue weighted by atomic mass is 9.91. The molecule has 58 heavy (non-hydrogen) atoms. The Labute approximate surface area is 337 Å². The molecule has 3 N–H and O–H groups in total. The SMILES string of the molecule is C1=Cc2cc(C3C=Cc4ccc(C5C=Cc6ccc(-c7ccc(-c8cc(-c9ccccc9)nc(-c9ccccc9)n8)cc7)cc6N5)cc4N3)c3cccnc3c2NC1. The second-order valence-corrected chi connectivity index (χ2v) is 15.0. The Morgan fingerprint density at radius 2 is 1.16 bits per heavy atom. The Hall–Kier alpha value is -7.57. The fourth-order valence-corrected chi connectivity index (χ4v) is 8.37. The summed E-state index contributed by atoms with van der Waals surface area (Å²) in [6.45, 7) is 0.816. The van der Waals surface area contributed by atoms with Crippen LogP contribution in [0.2, 0.25) is 0 Å². The molecule has 0 spiro atoms. The summed E-state index contributed by atoms with van der Waals surface area (Å²) in [4.78, 5) is 14.8. The highest BCUT2D eigenvalue weighted by Gasteiger charge is 2.23. The average molecular weight is 747 g/mol. The van der Waals surface area contributed by atoms with E-state index in [2.05, 4.69) is 156 Å². The van der Waals surface area contributed by atoms with Crippen molar-refractivity contribution >= 4 is 46.2 Å². The number of pyridine rings is 1. The quantitative estimate of drug-likeness (QED) is 0.157. The van der Waals surface area contributed by atoms with Crippen molar-refractivity contribution in [2.24, 2.45) is 0 Å². The van der Waals surface area contributed by atoms with Gasteiger partial charge < -0.3 is 16.0 Å². The second kappa shape index (κ2) is 14.2. The van der Waals surface area contributed by atoms with Gasteiger partial charge in [-0.1, -0.05) is 152 Å². The molecule has 0 fully saturated rings. The lowest BCUT2D eigenvalue weighted by Crippen LogP contribution is -2.16. The first kappa shape index (κ1) is 33.7. The normalized spacial score (nSPS) is 16.1. The van der Waals surface area contributed by atoms with Crippen molar-refractivity contribution in [2.45, 2.75) is 12.1 Å². The minimum absolute atomic E-state index is 0.0192. The summed E-state index contributed by atoms with van der Waals surface area (Å²) in [5.74, 6) is 0.714. The monoisotopic (exact) mass is 746 g/mol. The number of nitrogens with one attached hydrogen (secondary N) is 3. The van der Waals surface area contributed by atoms with E-state index >= 15 is 0 Å². The van der Waals surface area contributed by atoms with Crippen molar-refractivity contribution in [3.8, 4) is 45.0 Å². The first-order chi connectivity index (χ1) is 28.7. The summed E-state index contributed by atoms with van der Waals surface area (Å²) < 4.78 is 0. The predicted octanol–water partition coefficient (Wildman–Crippen LogP) is 12.5. The molecule has 0 radical (unpaired) electrons. The predicted molar refractivity (Wildman–Crippen MR) is 240 cm³/mol. The van der Waals surface area contributed by atoms with Gasteiger partial charge in [0, 0.05) is 46.2 Å². The van der Waals surface area contributed by atoms with Gasteiger partial charge in [-0.05, 0) is 69.3 Å². The largest absolute Gasteiger partial charge is 0.379 e. The number of nitrogens with zero attached hydrogens (tertiary/aromatic N) is 3. The molecule has 6 nitrogen and oxygen atoms in total.